The molecule has 0 radical (unpaired) electrons. The minimum Gasteiger partial charge on any atom is -0.361 e. The summed E-state index contributed by atoms with van der Waals surface area (Å²) < 4.78 is 10.6. The van der Waals surface area contributed by atoms with Crippen molar-refractivity contribution in [1.82, 2.24) is 20.8 Å². The summed E-state index contributed by atoms with van der Waals surface area (Å²) in [6.07, 6.45) is 4.01. The minimum absolute atomic E-state index is 0.131. The molecule has 138 valence electrons. The lowest BCUT2D eigenvalue weighted by Crippen LogP contribution is -2.52. The SMILES string of the molecule is Cc1noc(C)c1CCCNC(=O)[C@H]1OCC(=O)N[C@@H]1c1cccnc1. The molecule has 0 saturated carbocycles. The van der Waals surface area contributed by atoms with Gasteiger partial charge < -0.3 is 19.9 Å². The van der Waals surface area contributed by atoms with Crippen LogP contribution in [0.4, 0.5) is 0 Å². The highest BCUT2D eigenvalue weighted by molar-refractivity contribution is 5.86. The number of carbonyl (C=O) groups excluding carboxylic acids is 2. The molecule has 2 aromatic heterocycles. The molecular weight excluding hydrogens is 336 g/mol. The van der Waals surface area contributed by atoms with Gasteiger partial charge in [0.2, 0.25) is 5.91 Å². The first-order valence-corrected chi connectivity index (χ1v) is 8.56. The van der Waals surface area contributed by atoms with E-state index in [1.807, 2.05) is 19.9 Å². The van der Waals surface area contributed by atoms with Gasteiger partial charge in [0.1, 0.15) is 12.4 Å². The molecule has 0 unspecified atom stereocenters. The summed E-state index contributed by atoms with van der Waals surface area (Å²) in [6, 6.07) is 3.02. The topological polar surface area (TPSA) is 106 Å². The molecule has 0 aliphatic carbocycles. The van der Waals surface area contributed by atoms with Gasteiger partial charge in [-0.25, -0.2) is 0 Å². The van der Waals surface area contributed by atoms with Gasteiger partial charge in [0.05, 0.1) is 11.7 Å². The number of pyridine rings is 1. The summed E-state index contributed by atoms with van der Waals surface area (Å²) in [7, 11) is 0. The van der Waals surface area contributed by atoms with E-state index in [4.69, 9.17) is 9.26 Å². The lowest BCUT2D eigenvalue weighted by atomic mass is 10.0. The van der Waals surface area contributed by atoms with Crippen molar-refractivity contribution in [2.24, 2.45) is 0 Å². The van der Waals surface area contributed by atoms with Crippen molar-refractivity contribution in [2.75, 3.05) is 13.2 Å². The fraction of sp³-hybridized carbons (Fsp3) is 0.444. The molecule has 1 aliphatic rings. The van der Waals surface area contributed by atoms with Crippen LogP contribution in [0.15, 0.2) is 29.0 Å². The Morgan fingerprint density at radius 3 is 2.96 bits per heavy atom. The van der Waals surface area contributed by atoms with Crippen molar-refractivity contribution >= 4 is 11.8 Å². The Morgan fingerprint density at radius 1 is 1.42 bits per heavy atom. The van der Waals surface area contributed by atoms with Crippen molar-refractivity contribution < 1.29 is 18.8 Å². The summed E-state index contributed by atoms with van der Waals surface area (Å²) in [6.45, 7) is 4.15. The fourth-order valence-corrected chi connectivity index (χ4v) is 3.03. The second kappa shape index (κ2) is 8.09. The number of carbonyl (C=O) groups is 2. The quantitative estimate of drug-likeness (QED) is 0.746. The van der Waals surface area contributed by atoms with Crippen LogP contribution in [-0.4, -0.2) is 41.2 Å². The van der Waals surface area contributed by atoms with Gasteiger partial charge in [-0.15, -0.1) is 0 Å². The van der Waals surface area contributed by atoms with Crippen LogP contribution in [0.2, 0.25) is 0 Å². The summed E-state index contributed by atoms with van der Waals surface area (Å²) in [5, 5.41) is 9.61. The Hall–Kier alpha value is -2.74. The summed E-state index contributed by atoms with van der Waals surface area (Å²) in [5.41, 5.74) is 2.69. The number of hydrogen-bond donors (Lipinski definition) is 2. The van der Waals surface area contributed by atoms with Crippen molar-refractivity contribution in [3.63, 3.8) is 0 Å². The molecule has 8 heteroatoms. The highest BCUT2D eigenvalue weighted by Crippen LogP contribution is 2.22. The van der Waals surface area contributed by atoms with E-state index in [0.717, 1.165) is 35.4 Å². The van der Waals surface area contributed by atoms with Crippen LogP contribution in [0.5, 0.6) is 0 Å². The molecule has 0 spiro atoms. The second-order valence-corrected chi connectivity index (χ2v) is 6.26. The van der Waals surface area contributed by atoms with Crippen LogP contribution >= 0.6 is 0 Å². The largest absolute Gasteiger partial charge is 0.361 e. The zero-order chi connectivity index (χ0) is 18.5. The molecule has 2 amide bonds. The third-order valence-corrected chi connectivity index (χ3v) is 4.40. The molecular formula is C18H22N4O4. The molecule has 2 N–H and O–H groups in total. The van der Waals surface area contributed by atoms with Crippen LogP contribution in [-0.2, 0) is 20.7 Å². The number of amides is 2. The molecule has 3 heterocycles. The van der Waals surface area contributed by atoms with Gasteiger partial charge in [0.25, 0.3) is 5.91 Å². The Balaban J connectivity index is 1.56. The van der Waals surface area contributed by atoms with Gasteiger partial charge in [-0.3, -0.25) is 14.6 Å². The third-order valence-electron chi connectivity index (χ3n) is 4.40. The number of aromatic nitrogens is 2. The van der Waals surface area contributed by atoms with Gasteiger partial charge >= 0.3 is 0 Å². The first-order valence-electron chi connectivity index (χ1n) is 8.56. The number of rotatable bonds is 6. The summed E-state index contributed by atoms with van der Waals surface area (Å²) in [5.74, 6) is 0.308. The van der Waals surface area contributed by atoms with Crippen LogP contribution in [0.25, 0.3) is 0 Å². The molecule has 0 bridgehead atoms. The smallest absolute Gasteiger partial charge is 0.251 e. The first-order chi connectivity index (χ1) is 12.6. The normalized spacial score (nSPS) is 19.8. The number of nitrogens with zero attached hydrogens (tertiary/aromatic N) is 2. The minimum atomic E-state index is -0.782. The van der Waals surface area contributed by atoms with Gasteiger partial charge in [0, 0.05) is 24.5 Å². The van der Waals surface area contributed by atoms with Crippen LogP contribution < -0.4 is 10.6 Å². The molecule has 26 heavy (non-hydrogen) atoms. The van der Waals surface area contributed by atoms with E-state index in [1.54, 1.807) is 18.5 Å². The zero-order valence-corrected chi connectivity index (χ0v) is 14.8. The molecule has 0 aromatic carbocycles. The van der Waals surface area contributed by atoms with Gasteiger partial charge in [-0.2, -0.15) is 0 Å². The lowest BCUT2D eigenvalue weighted by molar-refractivity contribution is -0.148. The molecule has 1 aliphatic heterocycles. The van der Waals surface area contributed by atoms with E-state index in [2.05, 4.69) is 20.8 Å². The number of hydrogen-bond acceptors (Lipinski definition) is 6. The van der Waals surface area contributed by atoms with E-state index in [1.165, 1.54) is 0 Å². The maximum atomic E-state index is 12.5. The van der Waals surface area contributed by atoms with Crippen molar-refractivity contribution in [1.29, 1.82) is 0 Å². The Kier molecular flexibility index (Phi) is 5.62. The van der Waals surface area contributed by atoms with Crippen LogP contribution in [0.1, 0.15) is 35.0 Å². The van der Waals surface area contributed by atoms with Crippen LogP contribution in [0.3, 0.4) is 0 Å². The Labute approximate surface area is 151 Å². The van der Waals surface area contributed by atoms with Gasteiger partial charge in [0.15, 0.2) is 6.10 Å². The average molecular weight is 358 g/mol. The predicted molar refractivity (Wildman–Crippen MR) is 92.2 cm³/mol. The predicted octanol–water partition coefficient (Wildman–Crippen LogP) is 0.992. The first kappa shape index (κ1) is 18.1. The maximum Gasteiger partial charge on any atom is 0.251 e. The standard InChI is InChI=1S/C18H22N4O4/c1-11-14(12(2)26-22-11)6-4-8-20-18(24)17-16(21-15(23)10-25-17)13-5-3-7-19-9-13/h3,5,7,9,16-17H,4,6,8,10H2,1-2H3,(H,20,24)(H,21,23)/t16-,17+/m1/s1. The molecule has 2 aromatic rings. The zero-order valence-electron chi connectivity index (χ0n) is 14.8. The molecule has 1 saturated heterocycles. The second-order valence-electron chi connectivity index (χ2n) is 6.26. The van der Waals surface area contributed by atoms with Crippen molar-refractivity contribution in [3.05, 3.63) is 47.1 Å². The van der Waals surface area contributed by atoms with E-state index < -0.39 is 12.1 Å². The van der Waals surface area contributed by atoms with Gasteiger partial charge in [-0.05, 0) is 38.3 Å². The van der Waals surface area contributed by atoms with E-state index in [9.17, 15) is 9.59 Å². The summed E-state index contributed by atoms with van der Waals surface area (Å²) >= 11 is 0. The number of morpholine rings is 1. The Bertz CT molecular complexity index is 755. The Morgan fingerprint density at radius 2 is 2.27 bits per heavy atom. The highest BCUT2D eigenvalue weighted by atomic mass is 16.5. The fourth-order valence-electron chi connectivity index (χ4n) is 3.03. The number of ether oxygens (including phenoxy) is 1. The van der Waals surface area contributed by atoms with Crippen LogP contribution in [0, 0.1) is 13.8 Å². The highest BCUT2D eigenvalue weighted by Gasteiger charge is 2.36. The maximum absolute atomic E-state index is 12.5. The van der Waals surface area contributed by atoms with E-state index >= 15 is 0 Å². The summed E-state index contributed by atoms with van der Waals surface area (Å²) in [4.78, 5) is 28.3. The molecule has 1 fully saturated rings. The lowest BCUT2D eigenvalue weighted by Gasteiger charge is -2.31. The number of aryl methyl sites for hydroxylation is 2. The average Bonchev–Trinajstić information content (AvgIpc) is 2.97. The van der Waals surface area contributed by atoms with Crippen molar-refractivity contribution in [2.45, 2.75) is 38.8 Å². The third kappa shape index (κ3) is 4.08. The molecule has 3 rings (SSSR count). The number of nitrogens with one attached hydrogen (secondary N) is 2. The van der Waals surface area contributed by atoms with Gasteiger partial charge in [-0.1, -0.05) is 11.2 Å². The molecule has 2 atom stereocenters. The van der Waals surface area contributed by atoms with E-state index in [-0.39, 0.29) is 18.4 Å². The monoisotopic (exact) mass is 358 g/mol. The van der Waals surface area contributed by atoms with Crippen molar-refractivity contribution in [3.8, 4) is 0 Å². The van der Waals surface area contributed by atoms with E-state index in [0.29, 0.717) is 6.54 Å². The molecule has 8 nitrogen and oxygen atoms in total.